The highest BCUT2D eigenvalue weighted by Gasteiger charge is 2.35. The average Bonchev–Trinajstić information content (AvgIpc) is 3.53. The second-order valence-electron chi connectivity index (χ2n) is 9.57. The van der Waals surface area contributed by atoms with Gasteiger partial charge in [-0.1, -0.05) is 58.4 Å². The van der Waals surface area contributed by atoms with E-state index in [2.05, 4.69) is 38.3 Å². The van der Waals surface area contributed by atoms with Gasteiger partial charge in [-0.3, -0.25) is 19.5 Å². The number of aliphatic imine (C=N–C) groups is 1. The SMILES string of the molecule is COC(=O)CCc1ccc(C(=Nc2ccc(CN3CCCC3)cc2)C2C(=O)Nc3cc(Br)ccc32)cc1. The van der Waals surface area contributed by atoms with Crippen molar-refractivity contribution in [1.82, 2.24) is 4.90 Å². The summed E-state index contributed by atoms with van der Waals surface area (Å²) in [6.07, 6.45) is 3.47. The summed E-state index contributed by atoms with van der Waals surface area (Å²) in [6, 6.07) is 22.1. The molecule has 0 bridgehead atoms. The van der Waals surface area contributed by atoms with E-state index < -0.39 is 5.92 Å². The third-order valence-corrected chi connectivity index (χ3v) is 7.50. The number of fused-ring (bicyclic) bond motifs is 1. The lowest BCUT2D eigenvalue weighted by Crippen LogP contribution is -2.22. The number of carbonyl (C=O) groups is 2. The molecule has 2 aliphatic heterocycles. The number of ether oxygens (including phenoxy) is 1. The summed E-state index contributed by atoms with van der Waals surface area (Å²) >= 11 is 3.50. The molecule has 0 radical (unpaired) electrons. The Balaban J connectivity index is 1.46. The minimum absolute atomic E-state index is 0.0905. The van der Waals surface area contributed by atoms with E-state index in [4.69, 9.17) is 9.73 Å². The smallest absolute Gasteiger partial charge is 0.305 e. The predicted octanol–water partition coefficient (Wildman–Crippen LogP) is 6.01. The minimum atomic E-state index is -0.520. The summed E-state index contributed by atoms with van der Waals surface area (Å²) in [5.74, 6) is -0.842. The number of hydrogen-bond donors (Lipinski definition) is 1. The van der Waals surface area contributed by atoms with Crippen LogP contribution in [0.2, 0.25) is 0 Å². The Bertz CT molecular complexity index is 1310. The van der Waals surface area contributed by atoms with E-state index in [0.717, 1.165) is 52.2 Å². The lowest BCUT2D eigenvalue weighted by Gasteiger charge is -2.16. The van der Waals surface area contributed by atoms with Crippen LogP contribution in [0.4, 0.5) is 11.4 Å². The van der Waals surface area contributed by atoms with Crippen LogP contribution in [-0.2, 0) is 27.3 Å². The van der Waals surface area contributed by atoms with Gasteiger partial charge in [0.1, 0.15) is 5.92 Å². The van der Waals surface area contributed by atoms with Gasteiger partial charge in [0.25, 0.3) is 0 Å². The number of rotatable bonds is 8. The van der Waals surface area contributed by atoms with Crippen LogP contribution in [0, 0.1) is 0 Å². The van der Waals surface area contributed by atoms with Crippen molar-refractivity contribution in [2.75, 3.05) is 25.5 Å². The molecule has 1 saturated heterocycles. The highest BCUT2D eigenvalue weighted by molar-refractivity contribution is 9.10. The van der Waals surface area contributed by atoms with Gasteiger partial charge in [-0.25, -0.2) is 0 Å². The van der Waals surface area contributed by atoms with Gasteiger partial charge in [0.15, 0.2) is 0 Å². The fourth-order valence-corrected chi connectivity index (χ4v) is 5.37. The zero-order valence-corrected chi connectivity index (χ0v) is 22.5. The molecule has 1 unspecified atom stereocenters. The maximum absolute atomic E-state index is 13.2. The molecule has 0 saturated carbocycles. The number of aryl methyl sites for hydroxylation is 1. The van der Waals surface area contributed by atoms with Gasteiger partial charge in [0.05, 0.1) is 18.5 Å². The van der Waals surface area contributed by atoms with Crippen molar-refractivity contribution in [2.24, 2.45) is 4.99 Å². The van der Waals surface area contributed by atoms with Crippen LogP contribution in [0.25, 0.3) is 0 Å². The Morgan fingerprint density at radius 1 is 1.03 bits per heavy atom. The monoisotopic (exact) mass is 559 g/mol. The molecule has 5 rings (SSSR count). The van der Waals surface area contributed by atoms with Gasteiger partial charge in [0.2, 0.25) is 5.91 Å². The number of carbonyl (C=O) groups excluding carboxylic acids is 2. The quantitative estimate of drug-likeness (QED) is 0.271. The van der Waals surface area contributed by atoms with Crippen LogP contribution in [0.1, 0.15) is 47.4 Å². The first-order chi connectivity index (χ1) is 18.0. The van der Waals surface area contributed by atoms with E-state index in [1.807, 2.05) is 54.6 Å². The van der Waals surface area contributed by atoms with Crippen molar-refractivity contribution in [3.63, 3.8) is 0 Å². The molecule has 1 N–H and O–H groups in total. The number of hydrogen-bond acceptors (Lipinski definition) is 5. The van der Waals surface area contributed by atoms with Crippen LogP contribution in [0.5, 0.6) is 0 Å². The van der Waals surface area contributed by atoms with E-state index in [1.54, 1.807) is 0 Å². The fourth-order valence-electron chi connectivity index (χ4n) is 5.01. The van der Waals surface area contributed by atoms with Gasteiger partial charge in [-0.15, -0.1) is 0 Å². The van der Waals surface area contributed by atoms with E-state index in [1.165, 1.54) is 25.5 Å². The fraction of sp³-hybridized carbons (Fsp3) is 0.300. The average molecular weight is 560 g/mol. The first-order valence-corrected chi connectivity index (χ1v) is 13.5. The minimum Gasteiger partial charge on any atom is -0.469 e. The Morgan fingerprint density at radius 3 is 2.43 bits per heavy atom. The topological polar surface area (TPSA) is 71.0 Å². The van der Waals surface area contributed by atoms with Crippen LogP contribution in [0.15, 0.2) is 76.2 Å². The summed E-state index contributed by atoms with van der Waals surface area (Å²) in [6.45, 7) is 3.27. The Hall–Kier alpha value is -3.29. The summed E-state index contributed by atoms with van der Waals surface area (Å²) in [5.41, 5.74) is 6.39. The van der Waals surface area contributed by atoms with Gasteiger partial charge < -0.3 is 10.1 Å². The molecule has 37 heavy (non-hydrogen) atoms. The molecule has 3 aromatic carbocycles. The molecular formula is C30H30BrN3O3. The van der Waals surface area contributed by atoms with Gasteiger partial charge >= 0.3 is 5.97 Å². The summed E-state index contributed by atoms with van der Waals surface area (Å²) in [5, 5.41) is 3.02. The number of halogens is 1. The van der Waals surface area contributed by atoms with Crippen molar-refractivity contribution < 1.29 is 14.3 Å². The largest absolute Gasteiger partial charge is 0.469 e. The number of anilines is 1. The van der Waals surface area contributed by atoms with Gasteiger partial charge in [-0.05, 0) is 78.9 Å². The van der Waals surface area contributed by atoms with Gasteiger partial charge in [0, 0.05) is 23.1 Å². The highest BCUT2D eigenvalue weighted by atomic mass is 79.9. The lowest BCUT2D eigenvalue weighted by molar-refractivity contribution is -0.140. The van der Waals surface area contributed by atoms with Crippen LogP contribution < -0.4 is 5.32 Å². The molecule has 1 fully saturated rings. The Kier molecular flexibility index (Phi) is 7.82. The second-order valence-corrected chi connectivity index (χ2v) is 10.5. The van der Waals surface area contributed by atoms with E-state index >= 15 is 0 Å². The molecule has 1 amide bonds. The Labute approximate surface area is 225 Å². The molecule has 1 atom stereocenters. The van der Waals surface area contributed by atoms with E-state index in [9.17, 15) is 9.59 Å². The number of methoxy groups -OCH3 is 1. The number of likely N-dealkylation sites (tertiary alicyclic amines) is 1. The van der Waals surface area contributed by atoms with Crippen LogP contribution in [-0.4, -0.2) is 42.7 Å². The molecule has 3 aromatic rings. The predicted molar refractivity (Wildman–Crippen MR) is 149 cm³/mol. The molecule has 2 aliphatic rings. The zero-order valence-electron chi connectivity index (χ0n) is 20.9. The third-order valence-electron chi connectivity index (χ3n) is 7.01. The lowest BCUT2D eigenvalue weighted by atomic mass is 9.90. The summed E-state index contributed by atoms with van der Waals surface area (Å²) in [4.78, 5) is 32.3. The molecule has 190 valence electrons. The molecule has 2 heterocycles. The summed E-state index contributed by atoms with van der Waals surface area (Å²) in [7, 11) is 1.40. The first-order valence-electron chi connectivity index (χ1n) is 12.7. The van der Waals surface area contributed by atoms with Gasteiger partial charge in [-0.2, -0.15) is 0 Å². The standard InChI is InChI=1S/C30H30BrN3O3/c1-37-27(35)15-8-20-4-9-22(10-5-20)29(28-25-14-11-23(31)18-26(25)33-30(28)36)32-24-12-6-21(7-13-24)19-34-16-2-3-17-34/h4-7,9-14,18,28H,2-3,8,15-17,19H2,1H3,(H,33,36). The third kappa shape index (κ3) is 6.00. The van der Waals surface area contributed by atoms with Crippen LogP contribution in [0.3, 0.4) is 0 Å². The zero-order chi connectivity index (χ0) is 25.8. The normalized spacial score (nSPS) is 17.5. The number of nitrogens with one attached hydrogen (secondary N) is 1. The van der Waals surface area contributed by atoms with Crippen molar-refractivity contribution in [3.8, 4) is 0 Å². The van der Waals surface area contributed by atoms with E-state index in [0.29, 0.717) is 18.6 Å². The van der Waals surface area contributed by atoms with Crippen molar-refractivity contribution in [1.29, 1.82) is 0 Å². The molecule has 7 heteroatoms. The number of nitrogens with zero attached hydrogens (tertiary/aromatic N) is 2. The molecule has 0 aromatic heterocycles. The maximum atomic E-state index is 13.2. The molecule has 0 spiro atoms. The first kappa shape index (κ1) is 25.4. The molecule has 0 aliphatic carbocycles. The molecular weight excluding hydrogens is 530 g/mol. The van der Waals surface area contributed by atoms with Crippen LogP contribution >= 0.6 is 15.9 Å². The van der Waals surface area contributed by atoms with Crippen molar-refractivity contribution in [2.45, 2.75) is 38.1 Å². The van der Waals surface area contributed by atoms with Crippen molar-refractivity contribution >= 4 is 44.9 Å². The highest BCUT2D eigenvalue weighted by Crippen LogP contribution is 2.38. The maximum Gasteiger partial charge on any atom is 0.305 e. The number of amides is 1. The van der Waals surface area contributed by atoms with Crippen molar-refractivity contribution in [3.05, 3.63) is 93.5 Å². The second kappa shape index (κ2) is 11.4. The number of esters is 1. The van der Waals surface area contributed by atoms with E-state index in [-0.39, 0.29) is 11.9 Å². The number of benzene rings is 3. The summed E-state index contributed by atoms with van der Waals surface area (Å²) < 4.78 is 5.67. The Morgan fingerprint density at radius 2 is 1.73 bits per heavy atom. The molecule has 6 nitrogen and oxygen atoms in total.